The molecular formula is C16H18Cl2N2O. The first-order valence-corrected chi connectivity index (χ1v) is 8.13. The molecule has 1 heterocycles. The molecule has 1 aromatic carbocycles. The molecule has 0 amide bonds. The van der Waals surface area contributed by atoms with E-state index in [0.717, 1.165) is 29.7 Å². The Hall–Kier alpha value is -1.19. The average Bonchev–Trinajstić information content (AvgIpc) is 2.69. The van der Waals surface area contributed by atoms with Crippen molar-refractivity contribution in [1.82, 2.24) is 5.16 Å². The predicted octanol–water partition coefficient (Wildman–Crippen LogP) is 5.67. The van der Waals surface area contributed by atoms with Crippen molar-refractivity contribution in [2.24, 2.45) is 0 Å². The van der Waals surface area contributed by atoms with Crippen molar-refractivity contribution in [3.05, 3.63) is 33.9 Å². The van der Waals surface area contributed by atoms with Crippen molar-refractivity contribution in [3.63, 3.8) is 0 Å². The second-order valence-corrected chi connectivity index (χ2v) is 6.44. The fourth-order valence-electron chi connectivity index (χ4n) is 3.09. The number of aromatic nitrogens is 1. The summed E-state index contributed by atoms with van der Waals surface area (Å²) >= 11 is 12.1. The predicted molar refractivity (Wildman–Crippen MR) is 86.8 cm³/mol. The second-order valence-electron chi connectivity index (χ2n) is 5.62. The fraction of sp³-hybridized carbons (Fsp3) is 0.438. The number of nitrogen functional groups attached to an aromatic ring is 1. The second kappa shape index (κ2) is 6.29. The van der Waals surface area contributed by atoms with Gasteiger partial charge in [0.2, 0.25) is 5.88 Å². The minimum Gasteiger partial charge on any atom is -0.367 e. The van der Waals surface area contributed by atoms with Crippen molar-refractivity contribution in [2.75, 3.05) is 5.73 Å². The van der Waals surface area contributed by atoms with E-state index in [2.05, 4.69) is 5.16 Å². The van der Waals surface area contributed by atoms with Gasteiger partial charge in [0, 0.05) is 5.92 Å². The number of rotatable bonds is 2. The quantitative estimate of drug-likeness (QED) is 0.724. The molecule has 0 saturated heterocycles. The summed E-state index contributed by atoms with van der Waals surface area (Å²) in [6.07, 6.45) is 7.34. The van der Waals surface area contributed by atoms with Crippen molar-refractivity contribution < 1.29 is 4.52 Å². The summed E-state index contributed by atoms with van der Waals surface area (Å²) in [5, 5.41) is 5.28. The van der Waals surface area contributed by atoms with Crippen LogP contribution in [0.2, 0.25) is 10.0 Å². The molecule has 0 radical (unpaired) electrons. The fourth-order valence-corrected chi connectivity index (χ4v) is 3.39. The summed E-state index contributed by atoms with van der Waals surface area (Å²) in [5.41, 5.74) is 8.76. The molecule has 1 fully saturated rings. The molecule has 112 valence electrons. The SMILES string of the molecule is Nc1onc(C2CCCCCC2)c1-c1ccc(Cl)c(Cl)c1. The number of hydrogen-bond donors (Lipinski definition) is 1. The van der Waals surface area contributed by atoms with Gasteiger partial charge in [-0.2, -0.15) is 0 Å². The zero-order valence-electron chi connectivity index (χ0n) is 11.7. The van der Waals surface area contributed by atoms with Crippen LogP contribution in [0, 0.1) is 0 Å². The monoisotopic (exact) mass is 324 g/mol. The van der Waals surface area contributed by atoms with Gasteiger partial charge < -0.3 is 10.3 Å². The lowest BCUT2D eigenvalue weighted by molar-refractivity contribution is 0.413. The lowest BCUT2D eigenvalue weighted by atomic mass is 9.91. The number of benzene rings is 1. The number of nitrogens with two attached hydrogens (primary N) is 1. The third kappa shape index (κ3) is 3.04. The van der Waals surface area contributed by atoms with Crippen LogP contribution < -0.4 is 5.73 Å². The normalized spacial score (nSPS) is 16.9. The van der Waals surface area contributed by atoms with Crippen molar-refractivity contribution >= 4 is 29.1 Å². The molecule has 2 N–H and O–H groups in total. The van der Waals surface area contributed by atoms with Gasteiger partial charge in [0.15, 0.2) is 0 Å². The Kier molecular flexibility index (Phi) is 4.41. The lowest BCUT2D eigenvalue weighted by Crippen LogP contribution is -2.00. The number of hydrogen-bond acceptors (Lipinski definition) is 3. The van der Waals surface area contributed by atoms with E-state index in [1.807, 2.05) is 12.1 Å². The van der Waals surface area contributed by atoms with Gasteiger partial charge in [0.05, 0.1) is 21.3 Å². The Morgan fingerprint density at radius 2 is 1.76 bits per heavy atom. The first-order valence-electron chi connectivity index (χ1n) is 7.37. The summed E-state index contributed by atoms with van der Waals surface area (Å²) < 4.78 is 5.27. The van der Waals surface area contributed by atoms with Crippen LogP contribution in [0.5, 0.6) is 0 Å². The summed E-state index contributed by atoms with van der Waals surface area (Å²) in [5.74, 6) is 0.769. The van der Waals surface area contributed by atoms with E-state index in [4.69, 9.17) is 33.5 Å². The Bertz CT molecular complexity index is 631. The summed E-state index contributed by atoms with van der Waals surface area (Å²) in [4.78, 5) is 0. The van der Waals surface area contributed by atoms with Gasteiger partial charge in [0.25, 0.3) is 0 Å². The summed E-state index contributed by atoms with van der Waals surface area (Å²) in [6.45, 7) is 0. The van der Waals surface area contributed by atoms with Gasteiger partial charge in [-0.05, 0) is 30.5 Å². The highest BCUT2D eigenvalue weighted by Gasteiger charge is 2.24. The molecule has 1 aliphatic carbocycles. The Balaban J connectivity index is 2.01. The molecule has 0 bridgehead atoms. The van der Waals surface area contributed by atoms with Gasteiger partial charge in [-0.1, -0.05) is 60.1 Å². The van der Waals surface area contributed by atoms with E-state index in [1.165, 1.54) is 25.7 Å². The van der Waals surface area contributed by atoms with Crippen LogP contribution in [0.4, 0.5) is 5.88 Å². The molecule has 21 heavy (non-hydrogen) atoms. The molecule has 3 nitrogen and oxygen atoms in total. The molecule has 1 saturated carbocycles. The van der Waals surface area contributed by atoms with E-state index >= 15 is 0 Å². The number of anilines is 1. The molecule has 0 atom stereocenters. The third-order valence-electron chi connectivity index (χ3n) is 4.20. The van der Waals surface area contributed by atoms with Gasteiger partial charge in [-0.25, -0.2) is 0 Å². The highest BCUT2D eigenvalue weighted by atomic mass is 35.5. The Morgan fingerprint density at radius 1 is 1.05 bits per heavy atom. The van der Waals surface area contributed by atoms with Gasteiger partial charge in [0.1, 0.15) is 0 Å². The van der Waals surface area contributed by atoms with Gasteiger partial charge in [-0.3, -0.25) is 0 Å². The first-order chi connectivity index (χ1) is 10.2. The zero-order valence-corrected chi connectivity index (χ0v) is 13.3. The van der Waals surface area contributed by atoms with E-state index in [0.29, 0.717) is 21.8 Å². The molecule has 1 aliphatic rings. The van der Waals surface area contributed by atoms with Crippen LogP contribution in [0.3, 0.4) is 0 Å². The maximum absolute atomic E-state index is 6.12. The van der Waals surface area contributed by atoms with Crippen LogP contribution in [0.25, 0.3) is 11.1 Å². The zero-order chi connectivity index (χ0) is 14.8. The van der Waals surface area contributed by atoms with Crippen LogP contribution in [0.15, 0.2) is 22.7 Å². The van der Waals surface area contributed by atoms with E-state index in [1.54, 1.807) is 6.07 Å². The standard InChI is InChI=1S/C16H18Cl2N2O/c17-12-8-7-11(9-13(12)18)14-15(20-21-16(14)19)10-5-3-1-2-4-6-10/h7-10H,1-6,19H2. The molecule has 0 spiro atoms. The highest BCUT2D eigenvalue weighted by Crippen LogP contribution is 2.40. The van der Waals surface area contributed by atoms with Crippen LogP contribution in [0.1, 0.15) is 50.1 Å². The third-order valence-corrected chi connectivity index (χ3v) is 4.93. The number of nitrogens with zero attached hydrogens (tertiary/aromatic N) is 1. The lowest BCUT2D eigenvalue weighted by Gasteiger charge is -2.13. The first kappa shape index (κ1) is 14.7. The molecule has 0 unspecified atom stereocenters. The average molecular weight is 325 g/mol. The van der Waals surface area contributed by atoms with E-state index in [9.17, 15) is 0 Å². The van der Waals surface area contributed by atoms with Crippen molar-refractivity contribution in [3.8, 4) is 11.1 Å². The Morgan fingerprint density at radius 3 is 2.43 bits per heavy atom. The van der Waals surface area contributed by atoms with Crippen molar-refractivity contribution in [2.45, 2.75) is 44.4 Å². The molecule has 5 heteroatoms. The highest BCUT2D eigenvalue weighted by molar-refractivity contribution is 6.42. The van der Waals surface area contributed by atoms with Crippen LogP contribution >= 0.6 is 23.2 Å². The minimum atomic E-state index is 0.354. The molecule has 0 aliphatic heterocycles. The molecule has 1 aromatic heterocycles. The van der Waals surface area contributed by atoms with Crippen LogP contribution in [-0.2, 0) is 0 Å². The molecular weight excluding hydrogens is 307 g/mol. The Labute approximate surface area is 134 Å². The number of halogens is 2. The molecule has 3 rings (SSSR count). The minimum absolute atomic E-state index is 0.354. The van der Waals surface area contributed by atoms with E-state index in [-0.39, 0.29) is 0 Å². The largest absolute Gasteiger partial charge is 0.367 e. The van der Waals surface area contributed by atoms with Gasteiger partial charge >= 0.3 is 0 Å². The van der Waals surface area contributed by atoms with Crippen LogP contribution in [-0.4, -0.2) is 5.16 Å². The summed E-state index contributed by atoms with van der Waals surface area (Å²) in [7, 11) is 0. The van der Waals surface area contributed by atoms with Crippen molar-refractivity contribution in [1.29, 1.82) is 0 Å². The summed E-state index contributed by atoms with van der Waals surface area (Å²) in [6, 6.07) is 5.52. The smallest absolute Gasteiger partial charge is 0.230 e. The van der Waals surface area contributed by atoms with Gasteiger partial charge in [-0.15, -0.1) is 0 Å². The maximum atomic E-state index is 6.12. The molecule has 2 aromatic rings. The maximum Gasteiger partial charge on any atom is 0.230 e. The van der Waals surface area contributed by atoms with E-state index < -0.39 is 0 Å². The topological polar surface area (TPSA) is 52.0 Å².